The minimum absolute atomic E-state index is 0.0239. The van der Waals surface area contributed by atoms with Crippen molar-refractivity contribution in [2.75, 3.05) is 11.9 Å². The van der Waals surface area contributed by atoms with Crippen LogP contribution in [0.3, 0.4) is 0 Å². The number of aryl methyl sites for hydroxylation is 1. The lowest BCUT2D eigenvalue weighted by Crippen LogP contribution is -2.37. The molecule has 0 aliphatic heterocycles. The molecule has 0 saturated carbocycles. The van der Waals surface area contributed by atoms with Crippen molar-refractivity contribution in [1.29, 1.82) is 0 Å². The van der Waals surface area contributed by atoms with Gasteiger partial charge in [-0.15, -0.1) is 0 Å². The van der Waals surface area contributed by atoms with E-state index >= 15 is 0 Å². The van der Waals surface area contributed by atoms with Crippen LogP contribution in [0.15, 0.2) is 42.6 Å². The van der Waals surface area contributed by atoms with Gasteiger partial charge < -0.3 is 10.2 Å². The molecule has 0 radical (unpaired) electrons. The van der Waals surface area contributed by atoms with Crippen LogP contribution in [0, 0.1) is 12.3 Å². The molecule has 2 heterocycles. The molecule has 0 bridgehead atoms. The molecular weight excluding hydrogens is 376 g/mol. The van der Waals surface area contributed by atoms with Gasteiger partial charge in [-0.3, -0.25) is 9.89 Å². The summed E-state index contributed by atoms with van der Waals surface area (Å²) in [4.78, 5) is 24.2. The van der Waals surface area contributed by atoms with Crippen molar-refractivity contribution in [3.8, 4) is 0 Å². The Bertz CT molecular complexity index is 1040. The van der Waals surface area contributed by atoms with Crippen molar-refractivity contribution < 1.29 is 4.79 Å². The van der Waals surface area contributed by atoms with Crippen LogP contribution < -0.4 is 10.2 Å². The number of nitrogens with zero attached hydrogens (tertiary/aromatic N) is 4. The minimum Gasteiger partial charge on any atom is -0.344 e. The van der Waals surface area contributed by atoms with Crippen molar-refractivity contribution in [3.05, 3.63) is 70.8 Å². The highest BCUT2D eigenvalue weighted by atomic mass is 16.2. The zero-order valence-corrected chi connectivity index (χ0v) is 17.9. The van der Waals surface area contributed by atoms with E-state index in [4.69, 9.17) is 4.98 Å². The maximum atomic E-state index is 12.7. The van der Waals surface area contributed by atoms with Crippen LogP contribution >= 0.6 is 0 Å². The Balaban J connectivity index is 1.57. The maximum absolute atomic E-state index is 12.7. The molecular formula is C23H28N6O. The fourth-order valence-electron chi connectivity index (χ4n) is 4.04. The van der Waals surface area contributed by atoms with Gasteiger partial charge in [0.2, 0.25) is 5.95 Å². The smallest absolute Gasteiger partial charge is 0.272 e. The number of hydrogen-bond acceptors (Lipinski definition) is 5. The largest absolute Gasteiger partial charge is 0.344 e. The van der Waals surface area contributed by atoms with Gasteiger partial charge >= 0.3 is 0 Å². The third-order valence-corrected chi connectivity index (χ3v) is 5.51. The number of amides is 1. The zero-order chi connectivity index (χ0) is 21.3. The second kappa shape index (κ2) is 7.89. The second-order valence-electron chi connectivity index (χ2n) is 8.92. The lowest BCUT2D eigenvalue weighted by Gasteiger charge is -2.36. The predicted octanol–water partition coefficient (Wildman–Crippen LogP) is 3.59. The molecule has 156 valence electrons. The molecule has 1 atom stereocenters. The standard InChI is InChI=1S/C23H28N6O/c1-15-10-18(28-27-15)21(30)25-19-11-23(2,3)12-20-17(19)13-24-22(26-20)29(4)14-16-8-6-5-7-9-16/h5-10,13,19H,11-12,14H2,1-4H3,(H,25,30)(H,27,28). The van der Waals surface area contributed by atoms with E-state index in [0.717, 1.165) is 36.3 Å². The summed E-state index contributed by atoms with van der Waals surface area (Å²) in [6, 6.07) is 11.9. The van der Waals surface area contributed by atoms with E-state index in [0.29, 0.717) is 11.6 Å². The van der Waals surface area contributed by atoms with E-state index in [1.54, 1.807) is 6.07 Å². The highest BCUT2D eigenvalue weighted by Gasteiger charge is 2.35. The molecule has 4 rings (SSSR count). The summed E-state index contributed by atoms with van der Waals surface area (Å²) < 4.78 is 0. The van der Waals surface area contributed by atoms with Gasteiger partial charge in [-0.2, -0.15) is 5.10 Å². The molecule has 1 unspecified atom stereocenters. The normalized spacial score (nSPS) is 17.3. The van der Waals surface area contributed by atoms with E-state index < -0.39 is 0 Å². The van der Waals surface area contributed by atoms with Crippen LogP contribution in [-0.4, -0.2) is 33.1 Å². The van der Waals surface area contributed by atoms with Crippen LogP contribution in [-0.2, 0) is 13.0 Å². The first-order valence-corrected chi connectivity index (χ1v) is 10.2. The number of fused-ring (bicyclic) bond motifs is 1. The molecule has 7 heteroatoms. The molecule has 2 N–H and O–H groups in total. The first kappa shape index (κ1) is 20.1. The van der Waals surface area contributed by atoms with Crippen molar-refractivity contribution in [2.45, 2.75) is 46.2 Å². The van der Waals surface area contributed by atoms with Gasteiger partial charge in [0.05, 0.1) is 11.7 Å². The van der Waals surface area contributed by atoms with Crippen molar-refractivity contribution in [2.24, 2.45) is 5.41 Å². The number of H-pyrrole nitrogens is 1. The number of carbonyl (C=O) groups excluding carboxylic acids is 1. The van der Waals surface area contributed by atoms with Crippen LogP contribution in [0.5, 0.6) is 0 Å². The average molecular weight is 405 g/mol. The average Bonchev–Trinajstić information content (AvgIpc) is 3.14. The minimum atomic E-state index is -0.182. The van der Waals surface area contributed by atoms with Gasteiger partial charge in [0, 0.05) is 31.0 Å². The lowest BCUT2D eigenvalue weighted by molar-refractivity contribution is 0.0914. The van der Waals surface area contributed by atoms with Crippen LogP contribution in [0.4, 0.5) is 5.95 Å². The summed E-state index contributed by atoms with van der Waals surface area (Å²) in [5.41, 5.74) is 4.49. The number of anilines is 1. The summed E-state index contributed by atoms with van der Waals surface area (Å²) in [5, 5.41) is 10.0. The molecule has 0 spiro atoms. The number of benzene rings is 1. The van der Waals surface area contributed by atoms with Crippen molar-refractivity contribution >= 4 is 11.9 Å². The fraction of sp³-hybridized carbons (Fsp3) is 0.391. The summed E-state index contributed by atoms with van der Waals surface area (Å²) in [7, 11) is 2.00. The van der Waals surface area contributed by atoms with E-state index in [1.807, 2.05) is 38.4 Å². The van der Waals surface area contributed by atoms with Gasteiger partial charge in [-0.25, -0.2) is 9.97 Å². The van der Waals surface area contributed by atoms with Crippen LogP contribution in [0.2, 0.25) is 0 Å². The number of nitrogens with one attached hydrogen (secondary N) is 2. The lowest BCUT2D eigenvalue weighted by atomic mass is 9.74. The molecule has 30 heavy (non-hydrogen) atoms. The number of carbonyl (C=O) groups is 1. The Morgan fingerprint density at radius 3 is 2.77 bits per heavy atom. The number of hydrogen-bond donors (Lipinski definition) is 2. The summed E-state index contributed by atoms with van der Waals surface area (Å²) >= 11 is 0. The van der Waals surface area contributed by atoms with E-state index in [2.05, 4.69) is 51.4 Å². The van der Waals surface area contributed by atoms with Crippen LogP contribution in [0.25, 0.3) is 0 Å². The number of aromatic nitrogens is 4. The predicted molar refractivity (Wildman–Crippen MR) is 116 cm³/mol. The van der Waals surface area contributed by atoms with Crippen molar-refractivity contribution in [3.63, 3.8) is 0 Å². The first-order chi connectivity index (χ1) is 14.3. The molecule has 0 fully saturated rings. The third-order valence-electron chi connectivity index (χ3n) is 5.51. The Kier molecular flexibility index (Phi) is 5.28. The second-order valence-corrected chi connectivity index (χ2v) is 8.92. The quantitative estimate of drug-likeness (QED) is 0.679. The molecule has 1 amide bonds. The summed E-state index contributed by atoms with van der Waals surface area (Å²) in [6.07, 6.45) is 3.55. The first-order valence-electron chi connectivity index (χ1n) is 10.2. The summed E-state index contributed by atoms with van der Waals surface area (Å²) in [5.74, 6) is 0.515. The molecule has 1 aliphatic carbocycles. The molecule has 2 aromatic heterocycles. The van der Waals surface area contributed by atoms with E-state index in [-0.39, 0.29) is 17.4 Å². The highest BCUT2D eigenvalue weighted by Crippen LogP contribution is 2.40. The highest BCUT2D eigenvalue weighted by molar-refractivity contribution is 5.92. The summed E-state index contributed by atoms with van der Waals surface area (Å²) in [6.45, 7) is 7.04. The molecule has 3 aromatic rings. The monoisotopic (exact) mass is 404 g/mol. The molecule has 0 saturated heterocycles. The van der Waals surface area contributed by atoms with Gasteiger partial charge in [0.25, 0.3) is 5.91 Å². The van der Waals surface area contributed by atoms with Gasteiger partial charge in [0.1, 0.15) is 5.69 Å². The molecule has 1 aliphatic rings. The topological polar surface area (TPSA) is 86.8 Å². The van der Waals surface area contributed by atoms with Gasteiger partial charge in [-0.05, 0) is 36.8 Å². The zero-order valence-electron chi connectivity index (χ0n) is 17.9. The number of aromatic amines is 1. The fourth-order valence-corrected chi connectivity index (χ4v) is 4.04. The SMILES string of the molecule is Cc1cc(C(=O)NC2CC(C)(C)Cc3nc(N(C)Cc4ccccc4)ncc32)n[nH]1. The molecule has 1 aromatic carbocycles. The van der Waals surface area contributed by atoms with E-state index in [1.165, 1.54) is 5.56 Å². The maximum Gasteiger partial charge on any atom is 0.272 e. The van der Waals surface area contributed by atoms with Crippen molar-refractivity contribution in [1.82, 2.24) is 25.5 Å². The number of rotatable bonds is 5. The molecule has 7 nitrogen and oxygen atoms in total. The van der Waals surface area contributed by atoms with E-state index in [9.17, 15) is 4.79 Å². The Labute approximate surface area is 176 Å². The van der Waals surface area contributed by atoms with Gasteiger partial charge in [-0.1, -0.05) is 44.2 Å². The van der Waals surface area contributed by atoms with Gasteiger partial charge in [0.15, 0.2) is 0 Å². The Morgan fingerprint density at radius 1 is 1.30 bits per heavy atom. The Hall–Kier alpha value is -3.22. The Morgan fingerprint density at radius 2 is 2.07 bits per heavy atom. The third kappa shape index (κ3) is 4.35. The van der Waals surface area contributed by atoms with Crippen LogP contribution in [0.1, 0.15) is 59.3 Å².